The molecule has 2 bridgehead atoms. The number of fused-ring (bicyclic) bond motifs is 3. The first-order valence-corrected chi connectivity index (χ1v) is 8.13. The SMILES string of the molecule is NC1CC2CCC(C1)N2Cc1ccc(Cl)c2cccnc12. The minimum absolute atomic E-state index is 0.388. The number of aromatic nitrogens is 1. The molecule has 3 nitrogen and oxygen atoms in total. The van der Waals surface area contributed by atoms with E-state index in [0.29, 0.717) is 18.1 Å². The predicted molar refractivity (Wildman–Crippen MR) is 86.3 cm³/mol. The van der Waals surface area contributed by atoms with Gasteiger partial charge in [0.05, 0.1) is 5.52 Å². The Morgan fingerprint density at radius 2 is 1.95 bits per heavy atom. The molecular formula is C17H20ClN3. The normalized spacial score (nSPS) is 29.1. The van der Waals surface area contributed by atoms with Gasteiger partial charge in [-0.15, -0.1) is 0 Å². The Labute approximate surface area is 130 Å². The Bertz CT molecular complexity index is 658. The van der Waals surface area contributed by atoms with E-state index in [1.807, 2.05) is 18.3 Å². The van der Waals surface area contributed by atoms with Crippen LogP contribution in [-0.2, 0) is 6.54 Å². The molecular weight excluding hydrogens is 282 g/mol. The van der Waals surface area contributed by atoms with Gasteiger partial charge < -0.3 is 5.73 Å². The first-order valence-electron chi connectivity index (χ1n) is 7.76. The van der Waals surface area contributed by atoms with Gasteiger partial charge in [-0.3, -0.25) is 9.88 Å². The van der Waals surface area contributed by atoms with Crippen LogP contribution in [0.15, 0.2) is 30.5 Å². The molecule has 3 heterocycles. The van der Waals surface area contributed by atoms with E-state index in [4.69, 9.17) is 17.3 Å². The van der Waals surface area contributed by atoms with Gasteiger partial charge in [-0.1, -0.05) is 17.7 Å². The lowest BCUT2D eigenvalue weighted by Crippen LogP contribution is -2.46. The van der Waals surface area contributed by atoms with Crippen LogP contribution >= 0.6 is 11.6 Å². The van der Waals surface area contributed by atoms with Gasteiger partial charge in [-0.25, -0.2) is 0 Å². The van der Waals surface area contributed by atoms with Crippen molar-refractivity contribution in [1.82, 2.24) is 9.88 Å². The zero-order valence-electron chi connectivity index (χ0n) is 12.0. The molecule has 2 N–H and O–H groups in total. The number of nitrogens with two attached hydrogens (primary N) is 1. The summed E-state index contributed by atoms with van der Waals surface area (Å²) in [6.07, 6.45) is 6.70. The van der Waals surface area contributed by atoms with Crippen molar-refractivity contribution in [3.63, 3.8) is 0 Å². The summed E-state index contributed by atoms with van der Waals surface area (Å²) >= 11 is 6.29. The fourth-order valence-corrected chi connectivity index (χ4v) is 4.31. The van der Waals surface area contributed by atoms with Crippen LogP contribution in [0.4, 0.5) is 0 Å². The molecule has 2 fully saturated rings. The molecule has 2 saturated heterocycles. The van der Waals surface area contributed by atoms with Crippen LogP contribution in [0.2, 0.25) is 5.02 Å². The van der Waals surface area contributed by atoms with Crippen molar-refractivity contribution in [2.24, 2.45) is 5.73 Å². The van der Waals surface area contributed by atoms with E-state index >= 15 is 0 Å². The highest BCUT2D eigenvalue weighted by atomic mass is 35.5. The highest BCUT2D eigenvalue weighted by molar-refractivity contribution is 6.35. The van der Waals surface area contributed by atoms with Gasteiger partial charge >= 0.3 is 0 Å². The number of halogens is 1. The lowest BCUT2D eigenvalue weighted by atomic mass is 9.97. The number of rotatable bonds is 2. The summed E-state index contributed by atoms with van der Waals surface area (Å²) in [7, 11) is 0. The summed E-state index contributed by atoms with van der Waals surface area (Å²) in [5.74, 6) is 0. The van der Waals surface area contributed by atoms with E-state index in [1.54, 1.807) is 0 Å². The Hall–Kier alpha value is -1.16. The van der Waals surface area contributed by atoms with E-state index in [9.17, 15) is 0 Å². The topological polar surface area (TPSA) is 42.1 Å². The lowest BCUT2D eigenvalue weighted by molar-refractivity contribution is 0.120. The first-order chi connectivity index (χ1) is 10.2. The summed E-state index contributed by atoms with van der Waals surface area (Å²) in [4.78, 5) is 7.20. The fraction of sp³-hybridized carbons (Fsp3) is 0.471. The Morgan fingerprint density at radius 3 is 2.71 bits per heavy atom. The van der Waals surface area contributed by atoms with Gasteiger partial charge in [0.25, 0.3) is 0 Å². The van der Waals surface area contributed by atoms with E-state index in [0.717, 1.165) is 35.3 Å². The predicted octanol–water partition coefficient (Wildman–Crippen LogP) is 3.34. The van der Waals surface area contributed by atoms with Crippen molar-refractivity contribution in [3.8, 4) is 0 Å². The summed E-state index contributed by atoms with van der Waals surface area (Å²) in [6.45, 7) is 0.965. The second kappa shape index (κ2) is 5.24. The Balaban J connectivity index is 1.68. The molecule has 21 heavy (non-hydrogen) atoms. The third kappa shape index (κ3) is 2.33. The van der Waals surface area contributed by atoms with E-state index < -0.39 is 0 Å². The molecule has 0 spiro atoms. The van der Waals surface area contributed by atoms with Crippen molar-refractivity contribution in [2.45, 2.75) is 50.4 Å². The van der Waals surface area contributed by atoms with Crippen molar-refractivity contribution in [3.05, 3.63) is 41.0 Å². The fourth-order valence-electron chi connectivity index (χ4n) is 4.10. The maximum absolute atomic E-state index is 6.29. The van der Waals surface area contributed by atoms with Crippen LogP contribution in [-0.4, -0.2) is 28.0 Å². The molecule has 2 unspecified atom stereocenters. The zero-order chi connectivity index (χ0) is 14.4. The number of pyridine rings is 1. The molecule has 2 aliphatic heterocycles. The molecule has 2 aromatic rings. The summed E-state index contributed by atoms with van der Waals surface area (Å²) in [5.41, 5.74) is 8.49. The van der Waals surface area contributed by atoms with Crippen LogP contribution in [0.1, 0.15) is 31.2 Å². The Kier molecular flexibility index (Phi) is 3.37. The van der Waals surface area contributed by atoms with E-state index in [2.05, 4.69) is 22.0 Å². The maximum atomic E-state index is 6.29. The van der Waals surface area contributed by atoms with Crippen LogP contribution < -0.4 is 5.73 Å². The zero-order valence-corrected chi connectivity index (χ0v) is 12.8. The van der Waals surface area contributed by atoms with Crippen molar-refractivity contribution in [1.29, 1.82) is 0 Å². The molecule has 0 aliphatic carbocycles. The monoisotopic (exact) mass is 301 g/mol. The van der Waals surface area contributed by atoms with Gasteiger partial charge in [-0.2, -0.15) is 0 Å². The average Bonchev–Trinajstić information content (AvgIpc) is 2.73. The maximum Gasteiger partial charge on any atom is 0.0761 e. The molecule has 1 aromatic heterocycles. The number of hydrogen-bond donors (Lipinski definition) is 1. The van der Waals surface area contributed by atoms with Crippen LogP contribution in [0.25, 0.3) is 10.9 Å². The molecule has 110 valence electrons. The summed E-state index contributed by atoms with van der Waals surface area (Å²) in [6, 6.07) is 9.81. The van der Waals surface area contributed by atoms with Gasteiger partial charge in [-0.05, 0) is 49.4 Å². The minimum Gasteiger partial charge on any atom is -0.328 e. The highest BCUT2D eigenvalue weighted by Gasteiger charge is 2.39. The van der Waals surface area contributed by atoms with Crippen molar-refractivity contribution < 1.29 is 0 Å². The molecule has 0 amide bonds. The number of benzene rings is 1. The number of piperidine rings is 1. The number of nitrogens with zero attached hydrogens (tertiary/aromatic N) is 2. The third-order valence-corrected chi connectivity index (χ3v) is 5.40. The second-order valence-electron chi connectivity index (χ2n) is 6.39. The molecule has 2 atom stereocenters. The molecule has 2 aliphatic rings. The Morgan fingerprint density at radius 1 is 1.19 bits per heavy atom. The van der Waals surface area contributed by atoms with E-state index in [1.165, 1.54) is 18.4 Å². The molecule has 4 heteroatoms. The number of hydrogen-bond acceptors (Lipinski definition) is 3. The van der Waals surface area contributed by atoms with Crippen LogP contribution in [0.3, 0.4) is 0 Å². The molecule has 1 aromatic carbocycles. The largest absolute Gasteiger partial charge is 0.328 e. The van der Waals surface area contributed by atoms with Crippen molar-refractivity contribution >= 4 is 22.5 Å². The first kappa shape index (κ1) is 13.5. The standard InChI is InChI=1S/C17H20ClN3/c18-16-6-3-11(17-15(16)2-1-7-20-17)10-21-13-4-5-14(21)9-12(19)8-13/h1-3,6-7,12-14H,4-5,8-10,19H2. The molecule has 0 saturated carbocycles. The smallest absolute Gasteiger partial charge is 0.0761 e. The van der Waals surface area contributed by atoms with Gasteiger partial charge in [0.1, 0.15) is 0 Å². The quantitative estimate of drug-likeness (QED) is 0.925. The average molecular weight is 302 g/mol. The summed E-state index contributed by atoms with van der Waals surface area (Å²) in [5, 5.41) is 1.84. The van der Waals surface area contributed by atoms with Gasteiger partial charge in [0.2, 0.25) is 0 Å². The second-order valence-corrected chi connectivity index (χ2v) is 6.80. The van der Waals surface area contributed by atoms with Crippen molar-refractivity contribution in [2.75, 3.05) is 0 Å². The third-order valence-electron chi connectivity index (χ3n) is 5.07. The van der Waals surface area contributed by atoms with Crippen LogP contribution in [0, 0.1) is 0 Å². The van der Waals surface area contributed by atoms with Crippen LogP contribution in [0.5, 0.6) is 0 Å². The molecule has 4 rings (SSSR count). The molecule has 0 radical (unpaired) electrons. The highest BCUT2D eigenvalue weighted by Crippen LogP contribution is 2.37. The van der Waals surface area contributed by atoms with Gasteiger partial charge in [0.15, 0.2) is 0 Å². The minimum atomic E-state index is 0.388. The van der Waals surface area contributed by atoms with E-state index in [-0.39, 0.29) is 0 Å². The lowest BCUT2D eigenvalue weighted by Gasteiger charge is -2.37. The van der Waals surface area contributed by atoms with Gasteiger partial charge in [0, 0.05) is 41.3 Å². The summed E-state index contributed by atoms with van der Waals surface area (Å²) < 4.78 is 0.